The lowest BCUT2D eigenvalue weighted by atomic mass is 9.96. The zero-order chi connectivity index (χ0) is 32.5. The number of ether oxygens (including phenoxy) is 2. The number of carbonyl (C=O) groups excluding carboxylic acids is 1. The smallest absolute Gasteiger partial charge is 0.338 e. The largest absolute Gasteiger partial charge is 0.489 e. The number of hydrogen-bond acceptors (Lipinski definition) is 6. The molecule has 0 spiro atoms. The minimum atomic E-state index is -0.778. The van der Waals surface area contributed by atoms with Crippen LogP contribution in [0.5, 0.6) is 5.75 Å². The normalized spacial score (nSPS) is 14.7. The predicted molar refractivity (Wildman–Crippen MR) is 178 cm³/mol. The van der Waals surface area contributed by atoms with Crippen molar-refractivity contribution in [3.8, 4) is 11.4 Å². The second kappa shape index (κ2) is 12.9. The summed E-state index contributed by atoms with van der Waals surface area (Å²) < 4.78 is 28.9. The molecule has 1 aliphatic rings. The van der Waals surface area contributed by atoms with Crippen LogP contribution in [-0.2, 0) is 16.1 Å². The van der Waals surface area contributed by atoms with Gasteiger partial charge in [0.05, 0.1) is 22.4 Å². The standard InChI is InChI=1S/C36H31ClFN3O4S/c1-5-44-35(43)32-22(3)39-36-41(33(32)29-11-6-7-12-30(29)37)34(42)31(46-36)19-25-17-21(2)40(23(25)4)27-13-15-28(16-14-27)45-20-24-9-8-10-26(38)18-24/h6-19,33H,5,20H2,1-4H3/b31-19-/t33-/m1/s1. The summed E-state index contributed by atoms with van der Waals surface area (Å²) in [6.45, 7) is 7.94. The number of thiazole rings is 1. The van der Waals surface area contributed by atoms with E-state index in [2.05, 4.69) is 9.56 Å². The molecule has 3 aromatic carbocycles. The molecule has 0 unspecified atom stereocenters. The molecule has 2 aromatic heterocycles. The van der Waals surface area contributed by atoms with Crippen molar-refractivity contribution in [2.75, 3.05) is 6.61 Å². The minimum absolute atomic E-state index is 0.190. The molecule has 0 radical (unpaired) electrons. The van der Waals surface area contributed by atoms with Gasteiger partial charge >= 0.3 is 5.97 Å². The summed E-state index contributed by atoms with van der Waals surface area (Å²) in [5, 5.41) is 0.438. The second-order valence-corrected chi connectivity index (χ2v) is 12.3. The summed E-state index contributed by atoms with van der Waals surface area (Å²) in [5.74, 6) is -0.157. The van der Waals surface area contributed by atoms with Gasteiger partial charge in [-0.2, -0.15) is 0 Å². The number of nitrogens with zero attached hydrogens (tertiary/aromatic N) is 3. The van der Waals surface area contributed by atoms with Crippen molar-refractivity contribution in [3.63, 3.8) is 0 Å². The molecule has 10 heteroatoms. The Hall–Kier alpha value is -4.73. The molecule has 0 amide bonds. The van der Waals surface area contributed by atoms with Gasteiger partial charge in [-0.05, 0) is 99.0 Å². The van der Waals surface area contributed by atoms with Crippen molar-refractivity contribution < 1.29 is 18.7 Å². The van der Waals surface area contributed by atoms with E-state index in [9.17, 15) is 14.0 Å². The third-order valence-electron chi connectivity index (χ3n) is 7.86. The number of fused-ring (bicyclic) bond motifs is 1. The Morgan fingerprint density at radius 2 is 1.80 bits per heavy atom. The van der Waals surface area contributed by atoms with Gasteiger partial charge in [0.1, 0.15) is 24.2 Å². The van der Waals surface area contributed by atoms with Crippen molar-refractivity contribution in [1.82, 2.24) is 9.13 Å². The third kappa shape index (κ3) is 5.96. The van der Waals surface area contributed by atoms with Gasteiger partial charge in [-0.25, -0.2) is 14.2 Å². The molecule has 0 saturated carbocycles. The predicted octanol–water partition coefficient (Wildman–Crippen LogP) is 6.58. The molecule has 5 aromatic rings. The number of allylic oxidation sites excluding steroid dienone is 1. The van der Waals surface area contributed by atoms with Crippen LogP contribution >= 0.6 is 22.9 Å². The highest BCUT2D eigenvalue weighted by Crippen LogP contribution is 2.34. The number of halogens is 2. The molecule has 0 aliphatic carbocycles. The average Bonchev–Trinajstić information content (AvgIpc) is 3.49. The van der Waals surface area contributed by atoms with Crippen molar-refractivity contribution in [2.24, 2.45) is 4.99 Å². The minimum Gasteiger partial charge on any atom is -0.489 e. The van der Waals surface area contributed by atoms with E-state index < -0.39 is 12.0 Å². The van der Waals surface area contributed by atoms with Gasteiger partial charge < -0.3 is 14.0 Å². The van der Waals surface area contributed by atoms with E-state index in [1.54, 1.807) is 36.6 Å². The number of rotatable bonds is 8. The highest BCUT2D eigenvalue weighted by Gasteiger charge is 2.34. The SMILES string of the molecule is CCOC(=O)C1=C(C)N=c2s/c(=C\c3cc(C)n(-c4ccc(OCc5cccc(F)c5)cc4)c3C)c(=O)n2[C@@H]1c1ccccc1Cl. The fourth-order valence-corrected chi connectivity index (χ4v) is 7.02. The van der Waals surface area contributed by atoms with Crippen molar-refractivity contribution in [2.45, 2.75) is 40.3 Å². The van der Waals surface area contributed by atoms with Crippen LogP contribution in [0.15, 0.2) is 99.9 Å². The van der Waals surface area contributed by atoms with E-state index in [-0.39, 0.29) is 30.2 Å². The average molecular weight is 656 g/mol. The lowest BCUT2D eigenvalue weighted by Gasteiger charge is -2.25. The van der Waals surface area contributed by atoms with Gasteiger partial charge in [0.2, 0.25) is 0 Å². The number of benzene rings is 3. The first-order chi connectivity index (χ1) is 22.2. The quantitative estimate of drug-likeness (QED) is 0.177. The van der Waals surface area contributed by atoms with Gasteiger partial charge in [0.25, 0.3) is 5.56 Å². The Morgan fingerprint density at radius 3 is 2.52 bits per heavy atom. The Labute approximate surface area is 274 Å². The van der Waals surface area contributed by atoms with Gasteiger partial charge in [-0.15, -0.1) is 0 Å². The Bertz CT molecular complexity index is 2180. The molecule has 7 nitrogen and oxygen atoms in total. The first kappa shape index (κ1) is 31.3. The molecule has 3 heterocycles. The Kier molecular flexibility index (Phi) is 8.80. The first-order valence-corrected chi connectivity index (χ1v) is 16.0. The molecule has 6 rings (SSSR count). The van der Waals surface area contributed by atoms with Gasteiger partial charge in [0, 0.05) is 22.1 Å². The summed E-state index contributed by atoms with van der Waals surface area (Å²) in [6.07, 6.45) is 1.87. The summed E-state index contributed by atoms with van der Waals surface area (Å²) in [6, 6.07) is 22.5. The van der Waals surface area contributed by atoms with Crippen molar-refractivity contribution in [3.05, 3.63) is 149 Å². The molecule has 234 valence electrons. The van der Waals surface area contributed by atoms with Gasteiger partial charge in [-0.1, -0.05) is 53.3 Å². The maximum Gasteiger partial charge on any atom is 0.338 e. The topological polar surface area (TPSA) is 74.8 Å². The summed E-state index contributed by atoms with van der Waals surface area (Å²) in [4.78, 5) is 32.4. The van der Waals surface area contributed by atoms with E-state index in [0.29, 0.717) is 31.4 Å². The van der Waals surface area contributed by atoms with Crippen LogP contribution in [-0.4, -0.2) is 21.7 Å². The molecular weight excluding hydrogens is 625 g/mol. The molecule has 0 fully saturated rings. The Balaban J connectivity index is 1.36. The lowest BCUT2D eigenvalue weighted by molar-refractivity contribution is -0.139. The van der Waals surface area contributed by atoms with Crippen LogP contribution in [0.3, 0.4) is 0 Å². The maximum absolute atomic E-state index is 14.1. The van der Waals surface area contributed by atoms with Crippen LogP contribution in [0.4, 0.5) is 4.39 Å². The highest BCUT2D eigenvalue weighted by molar-refractivity contribution is 7.07. The third-order valence-corrected chi connectivity index (χ3v) is 9.19. The van der Waals surface area contributed by atoms with Gasteiger partial charge in [0.15, 0.2) is 4.80 Å². The molecular formula is C36H31ClFN3O4S. The zero-order valence-corrected chi connectivity index (χ0v) is 27.3. The summed E-state index contributed by atoms with van der Waals surface area (Å²) in [7, 11) is 0. The van der Waals surface area contributed by atoms with E-state index in [0.717, 1.165) is 28.2 Å². The maximum atomic E-state index is 14.1. The van der Waals surface area contributed by atoms with Crippen molar-refractivity contribution >= 4 is 35.0 Å². The summed E-state index contributed by atoms with van der Waals surface area (Å²) >= 11 is 7.89. The lowest BCUT2D eigenvalue weighted by Crippen LogP contribution is -2.40. The Morgan fingerprint density at radius 1 is 1.04 bits per heavy atom. The molecule has 46 heavy (non-hydrogen) atoms. The fraction of sp³-hybridized carbons (Fsp3) is 0.194. The van der Waals surface area contributed by atoms with E-state index in [1.807, 2.05) is 68.5 Å². The molecule has 0 N–H and O–H groups in total. The van der Waals surface area contributed by atoms with Crippen LogP contribution in [0, 0.1) is 19.7 Å². The van der Waals surface area contributed by atoms with Crippen LogP contribution in [0.25, 0.3) is 11.8 Å². The van der Waals surface area contributed by atoms with E-state index in [4.69, 9.17) is 21.1 Å². The zero-order valence-electron chi connectivity index (χ0n) is 25.7. The van der Waals surface area contributed by atoms with Gasteiger partial charge in [-0.3, -0.25) is 9.36 Å². The number of aryl methyl sites for hydroxylation is 1. The van der Waals surface area contributed by atoms with Crippen LogP contribution in [0.1, 0.15) is 48.0 Å². The first-order valence-electron chi connectivity index (χ1n) is 14.8. The van der Waals surface area contributed by atoms with E-state index in [1.165, 1.54) is 23.5 Å². The fourth-order valence-electron chi connectivity index (χ4n) is 5.74. The number of esters is 1. The molecule has 0 saturated heterocycles. The number of carbonyl (C=O) groups is 1. The molecule has 1 aliphatic heterocycles. The second-order valence-electron chi connectivity index (χ2n) is 10.9. The number of aromatic nitrogens is 2. The monoisotopic (exact) mass is 655 g/mol. The van der Waals surface area contributed by atoms with Crippen LogP contribution < -0.4 is 19.6 Å². The number of hydrogen-bond donors (Lipinski definition) is 0. The van der Waals surface area contributed by atoms with Crippen LogP contribution in [0.2, 0.25) is 5.02 Å². The molecule has 0 bridgehead atoms. The van der Waals surface area contributed by atoms with E-state index >= 15 is 0 Å². The van der Waals surface area contributed by atoms with Crippen molar-refractivity contribution in [1.29, 1.82) is 0 Å². The molecule has 1 atom stereocenters. The highest BCUT2D eigenvalue weighted by atomic mass is 35.5. The summed E-state index contributed by atoms with van der Waals surface area (Å²) in [5.41, 5.74) is 5.62.